The molecule has 0 aliphatic carbocycles. The molecule has 2 heterocycles. The van der Waals surface area contributed by atoms with Crippen molar-refractivity contribution in [3.05, 3.63) is 28.5 Å². The predicted octanol–water partition coefficient (Wildman–Crippen LogP) is 1.16. The van der Waals surface area contributed by atoms with Crippen molar-refractivity contribution in [2.24, 2.45) is 0 Å². The number of rotatable bonds is 3. The van der Waals surface area contributed by atoms with Gasteiger partial charge < -0.3 is 14.7 Å². The van der Waals surface area contributed by atoms with Crippen LogP contribution in [0.5, 0.6) is 0 Å². The first kappa shape index (κ1) is 14.0. The summed E-state index contributed by atoms with van der Waals surface area (Å²) < 4.78 is 5.88. The number of morpholine rings is 1. The van der Waals surface area contributed by atoms with Crippen molar-refractivity contribution in [3.63, 3.8) is 0 Å². The van der Waals surface area contributed by atoms with E-state index in [0.29, 0.717) is 23.3 Å². The molecule has 1 atom stereocenters. The van der Waals surface area contributed by atoms with Crippen molar-refractivity contribution >= 4 is 27.8 Å². The summed E-state index contributed by atoms with van der Waals surface area (Å²) in [6.07, 6.45) is 1.36. The number of aromatic nitrogens is 1. The molecule has 1 amide bonds. The summed E-state index contributed by atoms with van der Waals surface area (Å²) in [6.45, 7) is 1.07. The average Bonchev–Trinajstić information content (AvgIpc) is 2.39. The number of nitrogens with zero attached hydrogens (tertiary/aromatic N) is 2. The summed E-state index contributed by atoms with van der Waals surface area (Å²) in [7, 11) is 0. The summed E-state index contributed by atoms with van der Waals surface area (Å²) in [5.74, 6) is -1.16. The van der Waals surface area contributed by atoms with Gasteiger partial charge >= 0.3 is 5.97 Å². The highest BCUT2D eigenvalue weighted by Crippen LogP contribution is 2.16. The molecule has 0 spiro atoms. The fraction of sp³-hybridized carbons (Fsp3) is 0.417. The van der Waals surface area contributed by atoms with Gasteiger partial charge in [-0.05, 0) is 28.1 Å². The molecule has 7 heteroatoms. The molecule has 0 aromatic carbocycles. The molecule has 6 nitrogen and oxygen atoms in total. The Bertz CT molecular complexity index is 477. The van der Waals surface area contributed by atoms with E-state index in [9.17, 15) is 9.59 Å². The lowest BCUT2D eigenvalue weighted by Crippen LogP contribution is -2.49. The maximum absolute atomic E-state index is 12.3. The standard InChI is InChI=1S/C12H13BrN2O4/c13-10-2-1-8(6-14-10)12(18)15-3-4-19-7-9(15)5-11(16)17/h1-2,6,9H,3-5,7H2,(H,16,17). The minimum atomic E-state index is -0.942. The number of carboxylic acids is 1. The van der Waals surface area contributed by atoms with Crippen molar-refractivity contribution in [2.45, 2.75) is 12.5 Å². The number of amides is 1. The molecule has 2 rings (SSSR count). The number of carbonyl (C=O) groups is 2. The smallest absolute Gasteiger partial charge is 0.305 e. The van der Waals surface area contributed by atoms with Crippen LogP contribution in [0, 0.1) is 0 Å². The van der Waals surface area contributed by atoms with Gasteiger partial charge in [0.2, 0.25) is 0 Å². The summed E-state index contributed by atoms with van der Waals surface area (Å²) in [4.78, 5) is 28.7. The van der Waals surface area contributed by atoms with Crippen LogP contribution in [0.15, 0.2) is 22.9 Å². The molecule has 102 valence electrons. The molecule has 0 radical (unpaired) electrons. The van der Waals surface area contributed by atoms with Gasteiger partial charge in [0.05, 0.1) is 31.2 Å². The van der Waals surface area contributed by atoms with Crippen LogP contribution in [0.25, 0.3) is 0 Å². The number of hydrogen-bond acceptors (Lipinski definition) is 4. The quantitative estimate of drug-likeness (QED) is 0.842. The van der Waals surface area contributed by atoms with E-state index in [1.807, 2.05) is 0 Å². The van der Waals surface area contributed by atoms with Gasteiger partial charge in [0.15, 0.2) is 0 Å². The van der Waals surface area contributed by atoms with Crippen LogP contribution in [-0.2, 0) is 9.53 Å². The van der Waals surface area contributed by atoms with Gasteiger partial charge in [-0.25, -0.2) is 4.98 Å². The molecule has 1 aliphatic rings. The molecule has 1 fully saturated rings. The van der Waals surface area contributed by atoms with Gasteiger partial charge in [-0.3, -0.25) is 9.59 Å². The molecular weight excluding hydrogens is 316 g/mol. The first-order chi connectivity index (χ1) is 9.08. The van der Waals surface area contributed by atoms with Crippen molar-refractivity contribution in [1.82, 2.24) is 9.88 Å². The van der Waals surface area contributed by atoms with Gasteiger partial charge in [0.25, 0.3) is 5.91 Å². The fourth-order valence-electron chi connectivity index (χ4n) is 1.96. The molecule has 1 aliphatic heterocycles. The monoisotopic (exact) mass is 328 g/mol. The highest BCUT2D eigenvalue weighted by Gasteiger charge is 2.29. The van der Waals surface area contributed by atoms with E-state index in [0.717, 1.165) is 0 Å². The molecule has 1 N–H and O–H groups in total. The van der Waals surface area contributed by atoms with Gasteiger partial charge in [-0.15, -0.1) is 0 Å². The SMILES string of the molecule is O=C(O)CC1COCCN1C(=O)c1ccc(Br)nc1. The summed E-state index contributed by atoms with van der Waals surface area (Å²) in [5, 5.41) is 8.86. The van der Waals surface area contributed by atoms with E-state index < -0.39 is 12.0 Å². The molecule has 0 bridgehead atoms. The largest absolute Gasteiger partial charge is 0.481 e. The number of carboxylic acid groups (broad SMARTS) is 1. The maximum Gasteiger partial charge on any atom is 0.305 e. The van der Waals surface area contributed by atoms with Gasteiger partial charge in [0.1, 0.15) is 4.60 Å². The molecule has 0 saturated carbocycles. The average molecular weight is 329 g/mol. The van der Waals surface area contributed by atoms with E-state index >= 15 is 0 Å². The lowest BCUT2D eigenvalue weighted by Gasteiger charge is -2.34. The minimum absolute atomic E-state index is 0.115. The van der Waals surface area contributed by atoms with Crippen LogP contribution in [0.1, 0.15) is 16.8 Å². The van der Waals surface area contributed by atoms with Crippen LogP contribution in [0.2, 0.25) is 0 Å². The number of aliphatic carboxylic acids is 1. The molecular formula is C12H13BrN2O4. The molecule has 1 aromatic rings. The van der Waals surface area contributed by atoms with Crippen LogP contribution in [0.4, 0.5) is 0 Å². The number of carbonyl (C=O) groups excluding carboxylic acids is 1. The molecule has 1 saturated heterocycles. The fourth-order valence-corrected chi connectivity index (χ4v) is 2.20. The second-order valence-corrected chi connectivity index (χ2v) is 5.01. The maximum atomic E-state index is 12.3. The molecule has 1 unspecified atom stereocenters. The Morgan fingerprint density at radius 1 is 1.53 bits per heavy atom. The second kappa shape index (κ2) is 6.12. The van der Waals surface area contributed by atoms with Crippen molar-refractivity contribution < 1.29 is 19.4 Å². The van der Waals surface area contributed by atoms with E-state index in [1.54, 1.807) is 17.0 Å². The Kier molecular flexibility index (Phi) is 4.49. The van der Waals surface area contributed by atoms with Crippen molar-refractivity contribution in [2.75, 3.05) is 19.8 Å². The Morgan fingerprint density at radius 2 is 2.32 bits per heavy atom. The third-order valence-corrected chi connectivity index (χ3v) is 3.34. The lowest BCUT2D eigenvalue weighted by atomic mass is 10.1. The van der Waals surface area contributed by atoms with Crippen LogP contribution in [-0.4, -0.2) is 52.7 Å². The summed E-state index contributed by atoms with van der Waals surface area (Å²) in [5.41, 5.74) is 0.445. The molecule has 1 aromatic heterocycles. The highest BCUT2D eigenvalue weighted by atomic mass is 79.9. The topological polar surface area (TPSA) is 79.7 Å². The highest BCUT2D eigenvalue weighted by molar-refractivity contribution is 9.10. The zero-order valence-electron chi connectivity index (χ0n) is 10.1. The zero-order valence-corrected chi connectivity index (χ0v) is 11.7. The van der Waals surface area contributed by atoms with Crippen molar-refractivity contribution in [1.29, 1.82) is 0 Å². The number of hydrogen-bond donors (Lipinski definition) is 1. The summed E-state index contributed by atoms with van der Waals surface area (Å²) in [6, 6.07) is 2.91. The van der Waals surface area contributed by atoms with Crippen LogP contribution >= 0.6 is 15.9 Å². The second-order valence-electron chi connectivity index (χ2n) is 4.19. The molecule has 19 heavy (non-hydrogen) atoms. The van der Waals surface area contributed by atoms with E-state index in [-0.39, 0.29) is 18.9 Å². The lowest BCUT2D eigenvalue weighted by molar-refractivity contribution is -0.139. The Morgan fingerprint density at radius 3 is 2.95 bits per heavy atom. The van der Waals surface area contributed by atoms with Gasteiger partial charge in [-0.2, -0.15) is 0 Å². The number of pyridine rings is 1. The van der Waals surface area contributed by atoms with E-state index in [1.165, 1.54) is 6.20 Å². The van der Waals surface area contributed by atoms with Gasteiger partial charge in [-0.1, -0.05) is 0 Å². The van der Waals surface area contributed by atoms with Crippen LogP contribution < -0.4 is 0 Å². The Labute approximate surface area is 118 Å². The first-order valence-electron chi connectivity index (χ1n) is 5.80. The Hall–Kier alpha value is -1.47. The number of ether oxygens (including phenoxy) is 1. The summed E-state index contributed by atoms with van der Waals surface area (Å²) >= 11 is 3.20. The Balaban J connectivity index is 2.15. The normalized spacial score (nSPS) is 19.2. The van der Waals surface area contributed by atoms with E-state index in [2.05, 4.69) is 20.9 Å². The minimum Gasteiger partial charge on any atom is -0.481 e. The predicted molar refractivity (Wildman–Crippen MR) is 69.8 cm³/mol. The van der Waals surface area contributed by atoms with Crippen LogP contribution in [0.3, 0.4) is 0 Å². The van der Waals surface area contributed by atoms with E-state index in [4.69, 9.17) is 9.84 Å². The zero-order chi connectivity index (χ0) is 13.8. The first-order valence-corrected chi connectivity index (χ1v) is 6.59. The van der Waals surface area contributed by atoms with Crippen molar-refractivity contribution in [3.8, 4) is 0 Å². The van der Waals surface area contributed by atoms with Gasteiger partial charge in [0, 0.05) is 12.7 Å². The number of halogens is 1. The third kappa shape index (κ3) is 3.51. The third-order valence-electron chi connectivity index (χ3n) is 2.87.